The smallest absolute Gasteiger partial charge is 0.234 e. The molecular formula is C15H19ClN4O. The van der Waals surface area contributed by atoms with Gasteiger partial charge in [0.2, 0.25) is 11.7 Å². The number of hydrogen-bond acceptors (Lipinski definition) is 5. The monoisotopic (exact) mass is 306 g/mol. The number of aromatic nitrogens is 3. The van der Waals surface area contributed by atoms with E-state index >= 15 is 0 Å². The molecule has 5 nitrogen and oxygen atoms in total. The van der Waals surface area contributed by atoms with Gasteiger partial charge in [0.05, 0.1) is 10.4 Å². The second-order valence-corrected chi connectivity index (χ2v) is 6.06. The molecule has 0 aromatic carbocycles. The van der Waals surface area contributed by atoms with Crippen molar-refractivity contribution in [1.82, 2.24) is 15.1 Å². The molecule has 0 spiro atoms. The molecule has 0 amide bonds. The van der Waals surface area contributed by atoms with E-state index in [-0.39, 0.29) is 5.41 Å². The third-order valence-electron chi connectivity index (χ3n) is 4.30. The van der Waals surface area contributed by atoms with Crippen LogP contribution in [0.3, 0.4) is 0 Å². The maximum atomic E-state index is 6.14. The van der Waals surface area contributed by atoms with Crippen LogP contribution >= 0.6 is 11.6 Å². The number of nitrogens with zero attached hydrogens (tertiary/aromatic N) is 3. The van der Waals surface area contributed by atoms with Crippen molar-refractivity contribution in [2.75, 3.05) is 6.54 Å². The number of pyridine rings is 1. The van der Waals surface area contributed by atoms with Gasteiger partial charge < -0.3 is 10.3 Å². The molecule has 0 bridgehead atoms. The van der Waals surface area contributed by atoms with Gasteiger partial charge in [-0.1, -0.05) is 42.4 Å². The van der Waals surface area contributed by atoms with E-state index in [2.05, 4.69) is 15.1 Å². The van der Waals surface area contributed by atoms with Crippen molar-refractivity contribution in [3.05, 3.63) is 29.2 Å². The minimum Gasteiger partial charge on any atom is -0.338 e. The minimum atomic E-state index is -0.191. The highest BCUT2D eigenvalue weighted by Crippen LogP contribution is 2.37. The molecule has 2 N–H and O–H groups in total. The van der Waals surface area contributed by atoms with Crippen LogP contribution in [0.2, 0.25) is 5.02 Å². The Kier molecular flexibility index (Phi) is 4.22. The summed E-state index contributed by atoms with van der Waals surface area (Å²) in [6.45, 7) is 0.532. The number of nitrogens with two attached hydrogens (primary N) is 1. The van der Waals surface area contributed by atoms with Crippen molar-refractivity contribution in [2.45, 2.75) is 43.9 Å². The van der Waals surface area contributed by atoms with E-state index < -0.39 is 0 Å². The van der Waals surface area contributed by atoms with Gasteiger partial charge in [0.15, 0.2) is 0 Å². The lowest BCUT2D eigenvalue weighted by atomic mass is 9.80. The second-order valence-electron chi connectivity index (χ2n) is 5.66. The number of rotatable bonds is 3. The van der Waals surface area contributed by atoms with E-state index in [4.69, 9.17) is 21.9 Å². The number of hydrogen-bond donors (Lipinski definition) is 1. The number of halogens is 1. The van der Waals surface area contributed by atoms with Gasteiger partial charge >= 0.3 is 0 Å². The predicted molar refractivity (Wildman–Crippen MR) is 81.0 cm³/mol. The highest BCUT2D eigenvalue weighted by Gasteiger charge is 2.37. The van der Waals surface area contributed by atoms with Crippen LogP contribution in [-0.2, 0) is 5.41 Å². The minimum absolute atomic E-state index is 0.191. The summed E-state index contributed by atoms with van der Waals surface area (Å²) in [5.41, 5.74) is 6.41. The van der Waals surface area contributed by atoms with Gasteiger partial charge in [0, 0.05) is 12.7 Å². The Labute approximate surface area is 128 Å². The van der Waals surface area contributed by atoms with Crippen LogP contribution in [0.15, 0.2) is 22.9 Å². The molecule has 1 aliphatic carbocycles. The van der Waals surface area contributed by atoms with Crippen LogP contribution in [0.5, 0.6) is 0 Å². The highest BCUT2D eigenvalue weighted by molar-refractivity contribution is 6.32. The van der Waals surface area contributed by atoms with Gasteiger partial charge in [-0.05, 0) is 25.0 Å². The lowest BCUT2D eigenvalue weighted by molar-refractivity contribution is 0.257. The fraction of sp³-hybridized carbons (Fsp3) is 0.533. The van der Waals surface area contributed by atoms with Crippen molar-refractivity contribution in [1.29, 1.82) is 0 Å². The zero-order valence-corrected chi connectivity index (χ0v) is 12.6. The first-order chi connectivity index (χ1) is 10.2. The first kappa shape index (κ1) is 14.5. The normalized spacial score (nSPS) is 18.4. The summed E-state index contributed by atoms with van der Waals surface area (Å²) in [5, 5.41) is 4.58. The summed E-state index contributed by atoms with van der Waals surface area (Å²) in [6, 6.07) is 3.55. The van der Waals surface area contributed by atoms with E-state index in [9.17, 15) is 0 Å². The van der Waals surface area contributed by atoms with Crippen LogP contribution in [0.4, 0.5) is 0 Å². The Balaban J connectivity index is 1.95. The Hall–Kier alpha value is -1.46. The molecule has 0 atom stereocenters. The zero-order valence-electron chi connectivity index (χ0n) is 11.9. The quantitative estimate of drug-likeness (QED) is 0.880. The van der Waals surface area contributed by atoms with Gasteiger partial charge in [-0.15, -0.1) is 0 Å². The molecule has 3 rings (SSSR count). The molecule has 6 heteroatoms. The third-order valence-corrected chi connectivity index (χ3v) is 4.61. The Morgan fingerprint density at radius 3 is 2.67 bits per heavy atom. The highest BCUT2D eigenvalue weighted by atomic mass is 35.5. The van der Waals surface area contributed by atoms with Crippen LogP contribution in [-0.4, -0.2) is 21.7 Å². The molecular weight excluding hydrogens is 288 g/mol. The van der Waals surface area contributed by atoms with Crippen molar-refractivity contribution in [3.8, 4) is 11.5 Å². The van der Waals surface area contributed by atoms with Crippen LogP contribution in [0.25, 0.3) is 11.5 Å². The first-order valence-corrected chi connectivity index (χ1v) is 7.78. The van der Waals surface area contributed by atoms with Gasteiger partial charge in [0.25, 0.3) is 0 Å². The largest absolute Gasteiger partial charge is 0.338 e. The Morgan fingerprint density at radius 2 is 2.00 bits per heavy atom. The van der Waals surface area contributed by atoms with Gasteiger partial charge in [0.1, 0.15) is 5.69 Å². The Bertz CT molecular complexity index is 605. The van der Waals surface area contributed by atoms with Crippen molar-refractivity contribution >= 4 is 11.6 Å². The molecule has 112 valence electrons. The molecule has 0 aliphatic heterocycles. The molecule has 0 saturated heterocycles. The summed E-state index contributed by atoms with van der Waals surface area (Å²) < 4.78 is 5.52. The summed E-state index contributed by atoms with van der Waals surface area (Å²) in [6.07, 6.45) is 8.46. The zero-order chi connectivity index (χ0) is 14.7. The van der Waals surface area contributed by atoms with E-state index in [0.717, 1.165) is 25.7 Å². The molecule has 0 unspecified atom stereocenters. The van der Waals surface area contributed by atoms with Gasteiger partial charge in [-0.25, -0.2) is 0 Å². The molecule has 1 aliphatic rings. The fourth-order valence-electron chi connectivity index (χ4n) is 3.00. The van der Waals surface area contributed by atoms with Gasteiger partial charge in [-0.3, -0.25) is 4.98 Å². The van der Waals surface area contributed by atoms with E-state index in [0.29, 0.717) is 29.0 Å². The molecule has 1 saturated carbocycles. The van der Waals surface area contributed by atoms with Gasteiger partial charge in [-0.2, -0.15) is 4.98 Å². The first-order valence-electron chi connectivity index (χ1n) is 7.40. The second kappa shape index (κ2) is 6.12. The van der Waals surface area contributed by atoms with Crippen molar-refractivity contribution in [3.63, 3.8) is 0 Å². The third kappa shape index (κ3) is 2.80. The van der Waals surface area contributed by atoms with E-state index in [1.807, 2.05) is 0 Å². The molecule has 2 aromatic heterocycles. The maximum absolute atomic E-state index is 6.14. The van der Waals surface area contributed by atoms with Crippen molar-refractivity contribution in [2.24, 2.45) is 5.73 Å². The lowest BCUT2D eigenvalue weighted by Gasteiger charge is -2.26. The SMILES string of the molecule is NCC1(c2nc(-c3ncccc3Cl)no2)CCCCCC1. The summed E-state index contributed by atoms with van der Waals surface area (Å²) in [4.78, 5) is 8.77. The van der Waals surface area contributed by atoms with Crippen LogP contribution in [0, 0.1) is 0 Å². The van der Waals surface area contributed by atoms with E-state index in [1.54, 1.807) is 18.3 Å². The Morgan fingerprint density at radius 1 is 1.24 bits per heavy atom. The molecule has 21 heavy (non-hydrogen) atoms. The van der Waals surface area contributed by atoms with Crippen LogP contribution in [0.1, 0.15) is 44.4 Å². The standard InChI is InChI=1S/C15H19ClN4O/c16-11-6-5-9-18-12(11)13-19-14(21-20-13)15(10-17)7-3-1-2-4-8-15/h5-6,9H,1-4,7-8,10,17H2. The predicted octanol–water partition coefficient (Wildman–Crippen LogP) is 3.34. The summed E-state index contributed by atoms with van der Waals surface area (Å²) >= 11 is 6.14. The topological polar surface area (TPSA) is 77.8 Å². The molecule has 1 fully saturated rings. The fourth-order valence-corrected chi connectivity index (χ4v) is 3.20. The maximum Gasteiger partial charge on any atom is 0.234 e. The lowest BCUT2D eigenvalue weighted by Crippen LogP contribution is -2.35. The van der Waals surface area contributed by atoms with Crippen LogP contribution < -0.4 is 5.73 Å². The summed E-state index contributed by atoms with van der Waals surface area (Å²) in [5.74, 6) is 1.07. The van der Waals surface area contributed by atoms with Crippen molar-refractivity contribution < 1.29 is 4.52 Å². The molecule has 2 heterocycles. The molecule has 0 radical (unpaired) electrons. The summed E-state index contributed by atoms with van der Waals surface area (Å²) in [7, 11) is 0. The molecule has 2 aromatic rings. The average molecular weight is 307 g/mol. The average Bonchev–Trinajstić information content (AvgIpc) is 2.87. The van der Waals surface area contributed by atoms with E-state index in [1.165, 1.54) is 12.8 Å².